The van der Waals surface area contributed by atoms with Gasteiger partial charge in [0.25, 0.3) is 6.26 Å². The van der Waals surface area contributed by atoms with E-state index in [1.54, 1.807) is 48.7 Å². The number of carbonyl (C=O) groups is 1. The second-order valence-corrected chi connectivity index (χ2v) is 5.36. The summed E-state index contributed by atoms with van der Waals surface area (Å²) in [5.41, 5.74) is 14.1. The van der Waals surface area contributed by atoms with Crippen molar-refractivity contribution in [1.29, 1.82) is 5.26 Å². The van der Waals surface area contributed by atoms with Crippen molar-refractivity contribution in [3.8, 4) is 17.8 Å². The molecule has 0 spiro atoms. The van der Waals surface area contributed by atoms with Crippen LogP contribution in [0.1, 0.15) is 11.1 Å². The Morgan fingerprint density at radius 3 is 2.58 bits per heavy atom. The zero-order chi connectivity index (χ0) is 18.9. The van der Waals surface area contributed by atoms with Crippen LogP contribution in [-0.2, 0) is 16.0 Å². The maximum atomic E-state index is 11.8. The molecule has 0 radical (unpaired) electrons. The van der Waals surface area contributed by atoms with Crippen LogP contribution < -0.4 is 20.9 Å². The normalized spacial score (nSPS) is 10.3. The predicted octanol–water partition coefficient (Wildman–Crippen LogP) is 2.52. The minimum absolute atomic E-state index is 0.206. The Morgan fingerprint density at radius 2 is 1.92 bits per heavy atom. The van der Waals surface area contributed by atoms with Gasteiger partial charge in [-0.05, 0) is 42.0 Å². The molecule has 0 aliphatic rings. The molecule has 2 aromatic rings. The second kappa shape index (κ2) is 8.99. The summed E-state index contributed by atoms with van der Waals surface area (Å²) in [6, 6.07) is 10.1. The molecule has 0 aromatic heterocycles. The summed E-state index contributed by atoms with van der Waals surface area (Å²) < 4.78 is 15.1. The van der Waals surface area contributed by atoms with Crippen molar-refractivity contribution in [3.63, 3.8) is 0 Å². The Bertz CT molecular complexity index is 836. The summed E-state index contributed by atoms with van der Waals surface area (Å²) in [5, 5.41) is 8.52. The van der Waals surface area contributed by atoms with Gasteiger partial charge in [0.2, 0.25) is 0 Å². The van der Waals surface area contributed by atoms with Crippen molar-refractivity contribution >= 4 is 23.4 Å². The summed E-state index contributed by atoms with van der Waals surface area (Å²) in [5.74, 6) is 0.337. The largest absolute Gasteiger partial charge is 0.496 e. The molecule has 0 saturated heterocycles. The van der Waals surface area contributed by atoms with Crippen molar-refractivity contribution in [3.05, 3.63) is 53.6 Å². The fourth-order valence-electron chi connectivity index (χ4n) is 2.31. The molecule has 0 heterocycles. The van der Waals surface area contributed by atoms with Gasteiger partial charge in [-0.15, -0.1) is 5.26 Å². The van der Waals surface area contributed by atoms with Gasteiger partial charge >= 0.3 is 5.97 Å². The van der Waals surface area contributed by atoms with Gasteiger partial charge in [-0.2, -0.15) is 0 Å². The Balaban J connectivity index is 1.92. The third-order valence-electron chi connectivity index (χ3n) is 3.44. The SMILES string of the molecule is COc1cc(OC#N)ccc1/C=C/C(=O)OCCc1cc(N)cc(N)c1. The van der Waals surface area contributed by atoms with Crippen molar-refractivity contribution in [2.24, 2.45) is 0 Å². The Labute approximate surface area is 151 Å². The maximum absolute atomic E-state index is 11.8. The number of carbonyl (C=O) groups excluding carboxylic acids is 1. The van der Waals surface area contributed by atoms with Gasteiger partial charge in [-0.3, -0.25) is 0 Å². The molecule has 0 fully saturated rings. The smallest absolute Gasteiger partial charge is 0.330 e. The van der Waals surface area contributed by atoms with E-state index < -0.39 is 5.97 Å². The first kappa shape index (κ1) is 18.7. The molecule has 26 heavy (non-hydrogen) atoms. The van der Waals surface area contributed by atoms with Crippen molar-refractivity contribution in [2.45, 2.75) is 6.42 Å². The molecule has 0 unspecified atom stereocenters. The van der Waals surface area contributed by atoms with Crippen LogP contribution >= 0.6 is 0 Å². The van der Waals surface area contributed by atoms with E-state index in [0.717, 1.165) is 5.56 Å². The number of hydrogen-bond donors (Lipinski definition) is 2. The van der Waals surface area contributed by atoms with Crippen LogP contribution in [0.15, 0.2) is 42.5 Å². The van der Waals surface area contributed by atoms with Gasteiger partial charge < -0.3 is 25.7 Å². The molecule has 4 N–H and O–H groups in total. The molecule has 0 amide bonds. The quantitative estimate of drug-likeness (QED) is 0.339. The van der Waals surface area contributed by atoms with Crippen LogP contribution in [0.2, 0.25) is 0 Å². The fraction of sp³-hybridized carbons (Fsp3) is 0.158. The van der Waals surface area contributed by atoms with Gasteiger partial charge in [0.1, 0.15) is 11.5 Å². The molecule has 0 bridgehead atoms. The zero-order valence-corrected chi connectivity index (χ0v) is 14.3. The average molecular weight is 353 g/mol. The van der Waals surface area contributed by atoms with Gasteiger partial charge in [-0.1, -0.05) is 0 Å². The number of hydrogen-bond acceptors (Lipinski definition) is 7. The Morgan fingerprint density at radius 1 is 1.19 bits per heavy atom. The lowest BCUT2D eigenvalue weighted by molar-refractivity contribution is -0.137. The lowest BCUT2D eigenvalue weighted by atomic mass is 10.1. The zero-order valence-electron chi connectivity index (χ0n) is 14.3. The number of nitriles is 1. The number of anilines is 2. The molecule has 0 aliphatic carbocycles. The van der Waals surface area contributed by atoms with Gasteiger partial charge in [0, 0.05) is 35.5 Å². The van der Waals surface area contributed by atoms with Gasteiger partial charge in [0.15, 0.2) is 0 Å². The van der Waals surface area contributed by atoms with E-state index in [0.29, 0.717) is 34.9 Å². The summed E-state index contributed by atoms with van der Waals surface area (Å²) in [6.07, 6.45) is 4.96. The lowest BCUT2D eigenvalue weighted by Crippen LogP contribution is -2.05. The van der Waals surface area contributed by atoms with Crippen LogP contribution in [0.5, 0.6) is 11.5 Å². The molecule has 0 aliphatic heterocycles. The molecule has 7 heteroatoms. The molecule has 2 aromatic carbocycles. The Hall–Kier alpha value is -3.66. The highest BCUT2D eigenvalue weighted by Gasteiger charge is 2.05. The number of benzene rings is 2. The number of nitrogen functional groups attached to an aromatic ring is 2. The number of rotatable bonds is 7. The highest BCUT2D eigenvalue weighted by atomic mass is 16.5. The molecular formula is C19H19N3O4. The lowest BCUT2D eigenvalue weighted by Gasteiger charge is -2.07. The van der Waals surface area contributed by atoms with E-state index in [2.05, 4.69) is 0 Å². The number of nitrogens with two attached hydrogens (primary N) is 2. The van der Waals surface area contributed by atoms with Gasteiger partial charge in [0.05, 0.1) is 13.7 Å². The summed E-state index contributed by atoms with van der Waals surface area (Å²) in [4.78, 5) is 11.8. The van der Waals surface area contributed by atoms with Crippen LogP contribution in [0.3, 0.4) is 0 Å². The van der Waals surface area contributed by atoms with E-state index in [1.165, 1.54) is 13.2 Å². The van der Waals surface area contributed by atoms with Crippen LogP contribution in [0.4, 0.5) is 11.4 Å². The standard InChI is InChI=1S/C19H19N3O4/c1-24-18-11-17(26-12-20)4-2-14(18)3-5-19(23)25-7-6-13-8-15(21)10-16(22)9-13/h2-5,8-11H,6-7,21-22H2,1H3/b5-3+. The minimum Gasteiger partial charge on any atom is -0.496 e. The molecule has 2 rings (SSSR count). The topological polar surface area (TPSA) is 121 Å². The monoisotopic (exact) mass is 353 g/mol. The average Bonchev–Trinajstić information content (AvgIpc) is 2.60. The number of nitrogens with zero attached hydrogens (tertiary/aromatic N) is 1. The maximum Gasteiger partial charge on any atom is 0.330 e. The third kappa shape index (κ3) is 5.46. The summed E-state index contributed by atoms with van der Waals surface area (Å²) >= 11 is 0. The predicted molar refractivity (Wildman–Crippen MR) is 98.2 cm³/mol. The highest BCUT2D eigenvalue weighted by Crippen LogP contribution is 2.25. The number of esters is 1. The Kier molecular flexibility index (Phi) is 6.46. The first-order valence-electron chi connectivity index (χ1n) is 7.75. The first-order valence-corrected chi connectivity index (χ1v) is 7.75. The van der Waals surface area contributed by atoms with E-state index in [-0.39, 0.29) is 6.61 Å². The highest BCUT2D eigenvalue weighted by molar-refractivity contribution is 5.87. The number of ether oxygens (including phenoxy) is 3. The van der Waals surface area contributed by atoms with E-state index in [1.807, 2.05) is 0 Å². The van der Waals surface area contributed by atoms with Crippen LogP contribution in [0.25, 0.3) is 6.08 Å². The summed E-state index contributed by atoms with van der Waals surface area (Å²) in [6.45, 7) is 0.206. The minimum atomic E-state index is -0.485. The first-order chi connectivity index (χ1) is 12.5. The second-order valence-electron chi connectivity index (χ2n) is 5.36. The molecular weight excluding hydrogens is 334 g/mol. The van der Waals surface area contributed by atoms with Crippen LogP contribution in [-0.4, -0.2) is 19.7 Å². The number of methoxy groups -OCH3 is 1. The van der Waals surface area contributed by atoms with Crippen molar-refractivity contribution in [1.82, 2.24) is 0 Å². The molecule has 134 valence electrons. The van der Waals surface area contributed by atoms with E-state index >= 15 is 0 Å². The molecule has 7 nitrogen and oxygen atoms in total. The van der Waals surface area contributed by atoms with Gasteiger partial charge in [-0.25, -0.2) is 4.79 Å². The third-order valence-corrected chi connectivity index (χ3v) is 3.44. The fourth-order valence-corrected chi connectivity index (χ4v) is 2.31. The van der Waals surface area contributed by atoms with Crippen molar-refractivity contribution < 1.29 is 19.0 Å². The summed E-state index contributed by atoms with van der Waals surface area (Å²) in [7, 11) is 1.48. The van der Waals surface area contributed by atoms with Crippen molar-refractivity contribution in [2.75, 3.05) is 25.2 Å². The van der Waals surface area contributed by atoms with Crippen LogP contribution in [0, 0.1) is 11.5 Å². The van der Waals surface area contributed by atoms with E-state index in [4.69, 9.17) is 30.9 Å². The molecule has 0 saturated carbocycles. The van der Waals surface area contributed by atoms with E-state index in [9.17, 15) is 4.79 Å². The molecule has 0 atom stereocenters.